The van der Waals surface area contributed by atoms with Crippen molar-refractivity contribution >= 4 is 5.96 Å². The van der Waals surface area contributed by atoms with E-state index in [1.165, 1.54) is 5.56 Å². The first-order chi connectivity index (χ1) is 13.3. The Morgan fingerprint density at radius 1 is 1.11 bits per heavy atom. The van der Waals surface area contributed by atoms with Gasteiger partial charge in [0.15, 0.2) is 17.5 Å². The molecule has 1 aromatic heterocycles. The van der Waals surface area contributed by atoms with E-state index in [2.05, 4.69) is 37.3 Å². The summed E-state index contributed by atoms with van der Waals surface area (Å²) in [7, 11) is 1.79. The van der Waals surface area contributed by atoms with E-state index in [1.54, 1.807) is 13.2 Å². The number of aromatic nitrogens is 2. The van der Waals surface area contributed by atoms with Crippen LogP contribution in [0.25, 0.3) is 0 Å². The minimum Gasteiger partial charge on any atom is -0.490 e. The van der Waals surface area contributed by atoms with Gasteiger partial charge in [0, 0.05) is 39.1 Å². The highest BCUT2D eigenvalue weighted by Crippen LogP contribution is 2.28. The molecule has 0 aliphatic heterocycles. The van der Waals surface area contributed by atoms with Gasteiger partial charge in [-0.3, -0.25) is 4.99 Å². The lowest BCUT2D eigenvalue weighted by atomic mass is 10.1. The number of nitrogens with zero attached hydrogens (tertiary/aromatic N) is 3. The molecule has 7 nitrogen and oxygen atoms in total. The van der Waals surface area contributed by atoms with Gasteiger partial charge in [0.2, 0.25) is 0 Å². The Hall–Kier alpha value is -2.70. The molecule has 0 unspecified atom stereocenters. The Balaban J connectivity index is 1.73. The fourth-order valence-electron chi connectivity index (χ4n) is 2.68. The zero-order chi connectivity index (χ0) is 19.3. The molecule has 0 saturated carbocycles. The normalized spacial score (nSPS) is 11.3. The number of imidazole rings is 1. The van der Waals surface area contributed by atoms with Crippen LogP contribution in [-0.2, 0) is 13.0 Å². The zero-order valence-electron chi connectivity index (χ0n) is 16.6. The summed E-state index contributed by atoms with van der Waals surface area (Å²) in [6.45, 7) is 7.79. The smallest absolute Gasteiger partial charge is 0.190 e. The Kier molecular flexibility index (Phi) is 9.03. The van der Waals surface area contributed by atoms with Gasteiger partial charge in [0.05, 0.1) is 19.5 Å². The summed E-state index contributed by atoms with van der Waals surface area (Å²) in [6, 6.07) is 6.11. The van der Waals surface area contributed by atoms with E-state index in [9.17, 15) is 0 Å². The summed E-state index contributed by atoms with van der Waals surface area (Å²) in [6.07, 6.45) is 7.49. The summed E-state index contributed by atoms with van der Waals surface area (Å²) in [5.74, 6) is 2.42. The average Bonchev–Trinajstić information content (AvgIpc) is 3.19. The fraction of sp³-hybridized carbons (Fsp3) is 0.500. The van der Waals surface area contributed by atoms with Crippen LogP contribution in [0, 0.1) is 0 Å². The summed E-state index contributed by atoms with van der Waals surface area (Å²) in [5.41, 5.74) is 1.20. The molecule has 7 heteroatoms. The molecule has 0 bridgehead atoms. The van der Waals surface area contributed by atoms with Crippen LogP contribution in [0.15, 0.2) is 41.9 Å². The molecule has 0 aliphatic rings. The third kappa shape index (κ3) is 7.21. The van der Waals surface area contributed by atoms with Crippen molar-refractivity contribution in [2.75, 3.05) is 33.4 Å². The Morgan fingerprint density at radius 2 is 1.89 bits per heavy atom. The molecule has 2 aromatic rings. The second kappa shape index (κ2) is 11.8. The molecule has 0 radical (unpaired) electrons. The van der Waals surface area contributed by atoms with Crippen molar-refractivity contribution in [2.24, 2.45) is 4.99 Å². The van der Waals surface area contributed by atoms with Crippen LogP contribution in [-0.4, -0.2) is 48.9 Å². The lowest BCUT2D eigenvalue weighted by Crippen LogP contribution is -2.38. The highest BCUT2D eigenvalue weighted by Gasteiger charge is 2.06. The monoisotopic (exact) mass is 373 g/mol. The van der Waals surface area contributed by atoms with Gasteiger partial charge >= 0.3 is 0 Å². The molecule has 0 spiro atoms. The third-order valence-corrected chi connectivity index (χ3v) is 3.98. The lowest BCUT2D eigenvalue weighted by molar-refractivity contribution is 0.287. The Morgan fingerprint density at radius 3 is 2.59 bits per heavy atom. The van der Waals surface area contributed by atoms with Crippen molar-refractivity contribution in [1.82, 2.24) is 20.2 Å². The van der Waals surface area contributed by atoms with Crippen LogP contribution in [0.5, 0.6) is 11.5 Å². The molecule has 0 fully saturated rings. The summed E-state index contributed by atoms with van der Waals surface area (Å²) in [5, 5.41) is 6.69. The second-order valence-electron chi connectivity index (χ2n) is 5.98. The summed E-state index contributed by atoms with van der Waals surface area (Å²) >= 11 is 0. The molecule has 0 saturated heterocycles. The first-order valence-corrected chi connectivity index (χ1v) is 9.55. The number of aryl methyl sites for hydroxylation is 1. The number of nitrogens with one attached hydrogen (secondary N) is 2. The van der Waals surface area contributed by atoms with Crippen LogP contribution < -0.4 is 20.1 Å². The van der Waals surface area contributed by atoms with Gasteiger partial charge < -0.3 is 24.7 Å². The predicted octanol–water partition coefficient (Wildman–Crippen LogP) is 2.48. The standard InChI is InChI=1S/C20H31N5O2/c1-4-26-18-8-7-17(15-19(18)27-5-2)9-11-24-20(21-3)23-10-6-13-25-14-12-22-16-25/h7-8,12,14-16H,4-6,9-11,13H2,1-3H3,(H2,21,23,24). The van der Waals surface area contributed by atoms with Crippen molar-refractivity contribution in [1.29, 1.82) is 0 Å². The first-order valence-electron chi connectivity index (χ1n) is 9.55. The molecule has 2 rings (SSSR count). The highest BCUT2D eigenvalue weighted by molar-refractivity contribution is 5.79. The first kappa shape index (κ1) is 20.6. The maximum Gasteiger partial charge on any atom is 0.190 e. The van der Waals surface area contributed by atoms with E-state index in [0.717, 1.165) is 49.9 Å². The SMILES string of the molecule is CCOc1ccc(CCNC(=NC)NCCCn2ccnc2)cc1OCC. The molecular formula is C20H31N5O2. The van der Waals surface area contributed by atoms with Gasteiger partial charge in [-0.1, -0.05) is 6.07 Å². The molecule has 0 aliphatic carbocycles. The van der Waals surface area contributed by atoms with E-state index >= 15 is 0 Å². The summed E-state index contributed by atoms with van der Waals surface area (Å²) in [4.78, 5) is 8.31. The fourth-order valence-corrected chi connectivity index (χ4v) is 2.68. The Bertz CT molecular complexity index is 686. The number of benzene rings is 1. The quantitative estimate of drug-likeness (QED) is 0.360. The largest absolute Gasteiger partial charge is 0.490 e. The van der Waals surface area contributed by atoms with Gasteiger partial charge in [-0.25, -0.2) is 4.98 Å². The molecule has 148 valence electrons. The maximum absolute atomic E-state index is 5.69. The van der Waals surface area contributed by atoms with Crippen molar-refractivity contribution in [3.05, 3.63) is 42.5 Å². The van der Waals surface area contributed by atoms with Gasteiger partial charge in [0.25, 0.3) is 0 Å². The number of ether oxygens (including phenoxy) is 2. The van der Waals surface area contributed by atoms with Crippen molar-refractivity contribution in [3.8, 4) is 11.5 Å². The van der Waals surface area contributed by atoms with Gasteiger partial charge in [-0.2, -0.15) is 0 Å². The van der Waals surface area contributed by atoms with Crippen LogP contribution in [0.4, 0.5) is 0 Å². The van der Waals surface area contributed by atoms with Crippen LogP contribution in [0.3, 0.4) is 0 Å². The number of guanidine groups is 1. The molecule has 0 amide bonds. The lowest BCUT2D eigenvalue weighted by Gasteiger charge is -2.14. The molecule has 27 heavy (non-hydrogen) atoms. The number of aliphatic imine (C=N–C) groups is 1. The minimum atomic E-state index is 0.622. The van der Waals surface area contributed by atoms with Gasteiger partial charge in [0.1, 0.15) is 0 Å². The van der Waals surface area contributed by atoms with E-state index < -0.39 is 0 Å². The van der Waals surface area contributed by atoms with Gasteiger partial charge in [-0.05, 0) is 44.4 Å². The predicted molar refractivity (Wildman–Crippen MR) is 109 cm³/mol. The van der Waals surface area contributed by atoms with Gasteiger partial charge in [-0.15, -0.1) is 0 Å². The molecule has 1 aromatic carbocycles. The molecule has 0 atom stereocenters. The number of hydrogen-bond donors (Lipinski definition) is 2. The van der Waals surface area contributed by atoms with E-state index in [4.69, 9.17) is 9.47 Å². The average molecular weight is 374 g/mol. The van der Waals surface area contributed by atoms with E-state index in [1.807, 2.05) is 32.4 Å². The topological polar surface area (TPSA) is 72.7 Å². The van der Waals surface area contributed by atoms with Crippen LogP contribution in [0.1, 0.15) is 25.8 Å². The van der Waals surface area contributed by atoms with E-state index in [0.29, 0.717) is 13.2 Å². The number of rotatable bonds is 11. The molecular weight excluding hydrogens is 342 g/mol. The zero-order valence-corrected chi connectivity index (χ0v) is 16.6. The maximum atomic E-state index is 5.69. The highest BCUT2D eigenvalue weighted by atomic mass is 16.5. The van der Waals surface area contributed by atoms with Crippen molar-refractivity contribution in [3.63, 3.8) is 0 Å². The minimum absolute atomic E-state index is 0.622. The van der Waals surface area contributed by atoms with Crippen molar-refractivity contribution in [2.45, 2.75) is 33.2 Å². The van der Waals surface area contributed by atoms with Crippen LogP contribution >= 0.6 is 0 Å². The summed E-state index contributed by atoms with van der Waals surface area (Å²) < 4.78 is 13.4. The molecule has 2 N–H and O–H groups in total. The second-order valence-corrected chi connectivity index (χ2v) is 5.98. The molecule has 1 heterocycles. The number of hydrogen-bond acceptors (Lipinski definition) is 4. The third-order valence-electron chi connectivity index (χ3n) is 3.98. The van der Waals surface area contributed by atoms with E-state index in [-0.39, 0.29) is 0 Å². The Labute approximate surface area is 161 Å². The van der Waals surface area contributed by atoms with Crippen molar-refractivity contribution < 1.29 is 9.47 Å². The van der Waals surface area contributed by atoms with Crippen LogP contribution in [0.2, 0.25) is 0 Å².